The lowest BCUT2D eigenvalue weighted by molar-refractivity contribution is -0.113. The molecule has 1 N–H and O–H groups in total. The van der Waals surface area contributed by atoms with Crippen molar-refractivity contribution < 1.29 is 13.6 Å². The zero-order chi connectivity index (χ0) is 20.1. The molecule has 0 saturated heterocycles. The van der Waals surface area contributed by atoms with Gasteiger partial charge in [-0.05, 0) is 74.1 Å². The molecule has 0 fully saturated rings. The van der Waals surface area contributed by atoms with E-state index in [2.05, 4.69) is 15.3 Å². The molecule has 1 amide bonds. The van der Waals surface area contributed by atoms with Crippen molar-refractivity contribution in [3.05, 3.63) is 71.6 Å². The van der Waals surface area contributed by atoms with Crippen molar-refractivity contribution in [2.24, 2.45) is 0 Å². The normalized spacial score (nSPS) is 10.7. The molecular formula is C20H17F2N3OS2. The molecule has 1 aromatic heterocycles. The third-order valence-corrected chi connectivity index (χ3v) is 5.44. The lowest BCUT2D eigenvalue weighted by Gasteiger charge is -2.07. The number of anilines is 1. The molecule has 0 radical (unpaired) electrons. The molecule has 0 spiro atoms. The Bertz CT molecular complexity index is 977. The summed E-state index contributed by atoms with van der Waals surface area (Å²) < 4.78 is 26.1. The molecule has 3 rings (SSSR count). The number of aryl methyl sites for hydroxylation is 2. The number of hydrogen-bond acceptors (Lipinski definition) is 5. The van der Waals surface area contributed by atoms with Crippen LogP contribution in [0, 0.1) is 25.5 Å². The molecule has 3 aromatic rings. The maximum absolute atomic E-state index is 13.2. The Morgan fingerprint density at radius 3 is 2.21 bits per heavy atom. The van der Waals surface area contributed by atoms with Gasteiger partial charge in [-0.25, -0.2) is 18.7 Å². The van der Waals surface area contributed by atoms with E-state index in [1.165, 1.54) is 17.8 Å². The van der Waals surface area contributed by atoms with Gasteiger partial charge in [-0.3, -0.25) is 4.79 Å². The van der Waals surface area contributed by atoms with Gasteiger partial charge in [0.05, 0.1) is 5.75 Å². The quantitative estimate of drug-likeness (QED) is 0.438. The van der Waals surface area contributed by atoms with Gasteiger partial charge in [0.2, 0.25) is 5.91 Å². The predicted octanol–water partition coefficient (Wildman–Crippen LogP) is 5.25. The highest BCUT2D eigenvalue weighted by Gasteiger charge is 2.08. The standard InChI is InChI=1S/C20H17F2N3OS2/c1-12-9-13(2)24-20(23-12)28-15-5-3-14(4-6-15)25-19(26)11-27-16-7-8-17(21)18(22)10-16/h3-10H,11H2,1-2H3,(H,25,26). The van der Waals surface area contributed by atoms with Gasteiger partial charge in [0.1, 0.15) is 0 Å². The van der Waals surface area contributed by atoms with E-state index in [0.29, 0.717) is 15.7 Å². The number of amides is 1. The highest BCUT2D eigenvalue weighted by atomic mass is 32.2. The van der Waals surface area contributed by atoms with Gasteiger partial charge in [0, 0.05) is 26.9 Å². The summed E-state index contributed by atoms with van der Waals surface area (Å²) in [6.07, 6.45) is 0. The third kappa shape index (κ3) is 5.77. The number of hydrogen-bond donors (Lipinski definition) is 1. The number of halogens is 2. The number of aromatic nitrogens is 2. The first-order valence-corrected chi connectivity index (χ1v) is 10.2. The second-order valence-corrected chi connectivity index (χ2v) is 8.06. The van der Waals surface area contributed by atoms with Crippen molar-refractivity contribution in [1.82, 2.24) is 9.97 Å². The smallest absolute Gasteiger partial charge is 0.234 e. The molecule has 0 bridgehead atoms. The van der Waals surface area contributed by atoms with Crippen LogP contribution in [0.15, 0.2) is 63.5 Å². The lowest BCUT2D eigenvalue weighted by Crippen LogP contribution is -2.13. The van der Waals surface area contributed by atoms with Crippen molar-refractivity contribution in [3.63, 3.8) is 0 Å². The topological polar surface area (TPSA) is 54.9 Å². The van der Waals surface area contributed by atoms with Gasteiger partial charge < -0.3 is 5.32 Å². The molecular weight excluding hydrogens is 400 g/mol. The fraction of sp³-hybridized carbons (Fsp3) is 0.150. The van der Waals surface area contributed by atoms with Gasteiger partial charge in [-0.1, -0.05) is 0 Å². The first kappa shape index (κ1) is 20.3. The van der Waals surface area contributed by atoms with Gasteiger partial charge in [-0.2, -0.15) is 0 Å². The summed E-state index contributed by atoms with van der Waals surface area (Å²) in [7, 11) is 0. The zero-order valence-corrected chi connectivity index (χ0v) is 16.8. The largest absolute Gasteiger partial charge is 0.325 e. The molecule has 28 heavy (non-hydrogen) atoms. The van der Waals surface area contributed by atoms with Crippen LogP contribution in [0.25, 0.3) is 0 Å². The number of nitrogens with zero attached hydrogens (tertiary/aromatic N) is 2. The first-order valence-electron chi connectivity index (χ1n) is 8.37. The molecule has 4 nitrogen and oxygen atoms in total. The fourth-order valence-electron chi connectivity index (χ4n) is 2.36. The van der Waals surface area contributed by atoms with E-state index in [4.69, 9.17) is 0 Å². The number of carbonyl (C=O) groups is 1. The Balaban J connectivity index is 1.54. The summed E-state index contributed by atoms with van der Waals surface area (Å²) in [4.78, 5) is 22.3. The Morgan fingerprint density at radius 2 is 1.57 bits per heavy atom. The average Bonchev–Trinajstić information content (AvgIpc) is 2.63. The third-order valence-electron chi connectivity index (χ3n) is 3.57. The van der Waals surface area contributed by atoms with E-state index in [-0.39, 0.29) is 11.7 Å². The molecule has 0 atom stereocenters. The van der Waals surface area contributed by atoms with Gasteiger partial charge in [0.25, 0.3) is 0 Å². The Hall–Kier alpha value is -2.45. The number of thioether (sulfide) groups is 1. The lowest BCUT2D eigenvalue weighted by atomic mass is 10.3. The van der Waals surface area contributed by atoms with E-state index < -0.39 is 11.6 Å². The van der Waals surface area contributed by atoms with Gasteiger partial charge in [-0.15, -0.1) is 11.8 Å². The van der Waals surface area contributed by atoms with Crippen LogP contribution in [0.1, 0.15) is 11.4 Å². The Morgan fingerprint density at radius 1 is 0.929 bits per heavy atom. The molecule has 144 valence electrons. The van der Waals surface area contributed by atoms with E-state index in [9.17, 15) is 13.6 Å². The van der Waals surface area contributed by atoms with Crippen molar-refractivity contribution in [3.8, 4) is 0 Å². The van der Waals surface area contributed by atoms with E-state index in [1.54, 1.807) is 12.1 Å². The second-order valence-electron chi connectivity index (χ2n) is 5.97. The molecule has 0 aliphatic rings. The molecule has 1 heterocycles. The SMILES string of the molecule is Cc1cc(C)nc(Sc2ccc(NC(=O)CSc3ccc(F)c(F)c3)cc2)n1. The van der Waals surface area contributed by atoms with E-state index in [1.807, 2.05) is 32.0 Å². The minimum atomic E-state index is -0.925. The van der Waals surface area contributed by atoms with Crippen LogP contribution < -0.4 is 5.32 Å². The van der Waals surface area contributed by atoms with Crippen LogP contribution >= 0.6 is 23.5 Å². The maximum Gasteiger partial charge on any atom is 0.234 e. The van der Waals surface area contributed by atoms with E-state index in [0.717, 1.165) is 40.2 Å². The predicted molar refractivity (Wildman–Crippen MR) is 108 cm³/mol. The number of rotatable bonds is 6. The summed E-state index contributed by atoms with van der Waals surface area (Å²) in [5, 5.41) is 3.46. The highest BCUT2D eigenvalue weighted by molar-refractivity contribution is 8.00. The molecule has 8 heteroatoms. The van der Waals surface area contributed by atoms with Crippen molar-refractivity contribution in [1.29, 1.82) is 0 Å². The second kappa shape index (κ2) is 9.16. The highest BCUT2D eigenvalue weighted by Crippen LogP contribution is 2.26. The van der Waals surface area contributed by atoms with Crippen LogP contribution in [-0.2, 0) is 4.79 Å². The minimum absolute atomic E-state index is 0.0952. The molecule has 0 saturated carbocycles. The van der Waals surface area contributed by atoms with Crippen LogP contribution in [0.4, 0.5) is 14.5 Å². The summed E-state index contributed by atoms with van der Waals surface area (Å²) in [5.74, 6) is -1.96. The van der Waals surface area contributed by atoms with Crippen LogP contribution in [-0.4, -0.2) is 21.6 Å². The summed E-state index contributed by atoms with van der Waals surface area (Å²) in [6.45, 7) is 3.85. The van der Waals surface area contributed by atoms with Crippen molar-refractivity contribution >= 4 is 35.1 Å². The van der Waals surface area contributed by atoms with Crippen molar-refractivity contribution in [2.45, 2.75) is 28.8 Å². The summed E-state index contributed by atoms with van der Waals surface area (Å²) >= 11 is 2.59. The van der Waals surface area contributed by atoms with Gasteiger partial charge >= 0.3 is 0 Å². The van der Waals surface area contributed by atoms with Crippen molar-refractivity contribution in [2.75, 3.05) is 11.1 Å². The molecule has 0 unspecified atom stereocenters. The minimum Gasteiger partial charge on any atom is -0.325 e. The van der Waals surface area contributed by atoms with E-state index >= 15 is 0 Å². The van der Waals surface area contributed by atoms with Crippen LogP contribution in [0.5, 0.6) is 0 Å². The number of benzene rings is 2. The average molecular weight is 418 g/mol. The van der Waals surface area contributed by atoms with Crippen LogP contribution in [0.3, 0.4) is 0 Å². The molecule has 0 aliphatic carbocycles. The van der Waals surface area contributed by atoms with Gasteiger partial charge in [0.15, 0.2) is 16.8 Å². The van der Waals surface area contributed by atoms with Crippen LogP contribution in [0.2, 0.25) is 0 Å². The Labute approximate surface area is 170 Å². The maximum atomic E-state index is 13.2. The zero-order valence-electron chi connectivity index (χ0n) is 15.2. The summed E-state index contributed by atoms with van der Waals surface area (Å²) in [6, 6.07) is 12.8. The Kier molecular flexibility index (Phi) is 6.64. The monoisotopic (exact) mass is 417 g/mol. The fourth-order valence-corrected chi connectivity index (χ4v) is 3.95. The summed E-state index contributed by atoms with van der Waals surface area (Å²) in [5.41, 5.74) is 2.48. The number of carbonyl (C=O) groups excluding carboxylic acids is 1. The number of nitrogens with one attached hydrogen (secondary N) is 1. The first-order chi connectivity index (χ1) is 13.4. The molecule has 2 aromatic carbocycles. The molecule has 0 aliphatic heterocycles.